The van der Waals surface area contributed by atoms with Gasteiger partial charge in [0.1, 0.15) is 0 Å². The van der Waals surface area contributed by atoms with Crippen LogP contribution in [0.5, 0.6) is 0 Å². The first-order valence-corrected chi connectivity index (χ1v) is 6.24. The summed E-state index contributed by atoms with van der Waals surface area (Å²) in [4.78, 5) is 22.6. The minimum atomic E-state index is -1.16. The summed E-state index contributed by atoms with van der Waals surface area (Å²) in [6.45, 7) is 2.75. The predicted octanol–water partition coefficient (Wildman–Crippen LogP) is 4.01. The number of nitrogens with one attached hydrogen (secondary N) is 1. The molecule has 19 heavy (non-hydrogen) atoms. The van der Waals surface area contributed by atoms with Crippen molar-refractivity contribution < 1.29 is 14.7 Å². The van der Waals surface area contributed by atoms with Gasteiger partial charge in [0.25, 0.3) is 5.91 Å². The van der Waals surface area contributed by atoms with Crippen molar-refractivity contribution in [1.29, 1.82) is 0 Å². The molecule has 102 valence electrons. The molecule has 0 heterocycles. The topological polar surface area (TPSA) is 66.4 Å². The van der Waals surface area contributed by atoms with Crippen molar-refractivity contribution in [1.82, 2.24) is 0 Å². The quantitative estimate of drug-likeness (QED) is 0.653. The molecule has 1 amide bonds. The predicted molar refractivity (Wildman–Crippen MR) is 76.1 cm³/mol. The summed E-state index contributed by atoms with van der Waals surface area (Å²) >= 11 is 17.5. The number of anilines is 1. The van der Waals surface area contributed by atoms with E-state index in [1.54, 1.807) is 0 Å². The summed E-state index contributed by atoms with van der Waals surface area (Å²) in [6.07, 6.45) is 0. The highest BCUT2D eigenvalue weighted by Crippen LogP contribution is 2.32. The van der Waals surface area contributed by atoms with E-state index in [0.29, 0.717) is 0 Å². The van der Waals surface area contributed by atoms with Gasteiger partial charge in [-0.25, -0.2) is 4.79 Å². The van der Waals surface area contributed by atoms with Gasteiger partial charge < -0.3 is 10.4 Å². The van der Waals surface area contributed by atoms with Crippen molar-refractivity contribution >= 4 is 52.4 Å². The lowest BCUT2D eigenvalue weighted by molar-refractivity contribution is -0.133. The highest BCUT2D eigenvalue weighted by atomic mass is 35.5. The Balaban J connectivity index is 3.05. The number of hydrogen-bond acceptors (Lipinski definition) is 2. The van der Waals surface area contributed by atoms with Gasteiger partial charge in [0.2, 0.25) is 0 Å². The summed E-state index contributed by atoms with van der Waals surface area (Å²) < 4.78 is 0. The van der Waals surface area contributed by atoms with Gasteiger partial charge in [0.15, 0.2) is 0 Å². The van der Waals surface area contributed by atoms with Crippen LogP contribution < -0.4 is 5.32 Å². The lowest BCUT2D eigenvalue weighted by Crippen LogP contribution is -2.16. The van der Waals surface area contributed by atoms with Gasteiger partial charge in [-0.15, -0.1) is 0 Å². The molecule has 0 aliphatic heterocycles. The number of amides is 1. The van der Waals surface area contributed by atoms with Crippen molar-refractivity contribution in [3.8, 4) is 0 Å². The second-order valence-corrected chi connectivity index (χ2v) is 4.98. The molecule has 2 N–H and O–H groups in total. The van der Waals surface area contributed by atoms with Crippen LogP contribution in [0.15, 0.2) is 23.3 Å². The van der Waals surface area contributed by atoms with Gasteiger partial charge in [-0.05, 0) is 26.0 Å². The van der Waals surface area contributed by atoms with Crippen LogP contribution in [0.25, 0.3) is 0 Å². The molecule has 0 bridgehead atoms. The van der Waals surface area contributed by atoms with Crippen molar-refractivity contribution in [2.24, 2.45) is 0 Å². The minimum Gasteiger partial charge on any atom is -0.478 e. The maximum Gasteiger partial charge on any atom is 0.331 e. The van der Waals surface area contributed by atoms with Crippen LogP contribution in [0.1, 0.15) is 13.8 Å². The molecule has 0 saturated heterocycles. The van der Waals surface area contributed by atoms with Gasteiger partial charge in [0, 0.05) is 11.1 Å². The smallest absolute Gasteiger partial charge is 0.331 e. The second-order valence-electron chi connectivity index (χ2n) is 3.76. The number of halogens is 3. The summed E-state index contributed by atoms with van der Waals surface area (Å²) in [5, 5.41) is 12.0. The van der Waals surface area contributed by atoms with Crippen molar-refractivity contribution in [2.75, 3.05) is 5.32 Å². The van der Waals surface area contributed by atoms with Gasteiger partial charge in [-0.2, -0.15) is 0 Å². The Morgan fingerprint density at radius 1 is 1.00 bits per heavy atom. The fourth-order valence-electron chi connectivity index (χ4n) is 1.17. The molecule has 0 unspecified atom stereocenters. The largest absolute Gasteiger partial charge is 0.478 e. The standard InChI is InChI=1S/C12H10Cl3NO3/c1-5(6(2)12(18)19)11(17)16-10-4-8(14)7(13)3-9(10)15/h3-4H,1-2H3,(H,16,17)(H,18,19). The lowest BCUT2D eigenvalue weighted by Gasteiger charge is -2.09. The van der Waals surface area contributed by atoms with E-state index in [1.165, 1.54) is 26.0 Å². The second kappa shape index (κ2) is 6.28. The van der Waals surface area contributed by atoms with E-state index in [-0.39, 0.29) is 31.9 Å². The Bertz CT molecular complexity index is 582. The van der Waals surface area contributed by atoms with E-state index in [4.69, 9.17) is 39.9 Å². The third-order valence-electron chi connectivity index (χ3n) is 2.48. The van der Waals surface area contributed by atoms with Gasteiger partial charge in [0.05, 0.1) is 20.8 Å². The first-order valence-electron chi connectivity index (χ1n) is 5.10. The molecule has 0 spiro atoms. The average Bonchev–Trinajstić information content (AvgIpc) is 2.33. The van der Waals surface area contributed by atoms with Crippen molar-refractivity contribution in [3.05, 3.63) is 38.3 Å². The molecule has 0 radical (unpaired) electrons. The summed E-state index contributed by atoms with van der Waals surface area (Å²) in [7, 11) is 0. The lowest BCUT2D eigenvalue weighted by atomic mass is 10.1. The molecule has 0 fully saturated rings. The van der Waals surface area contributed by atoms with Crippen molar-refractivity contribution in [3.63, 3.8) is 0 Å². The van der Waals surface area contributed by atoms with Gasteiger partial charge in [-0.1, -0.05) is 34.8 Å². The first kappa shape index (κ1) is 15.8. The number of hydrogen-bond donors (Lipinski definition) is 2. The van der Waals surface area contributed by atoms with Crippen molar-refractivity contribution in [2.45, 2.75) is 13.8 Å². The van der Waals surface area contributed by atoms with E-state index in [0.717, 1.165) is 0 Å². The van der Waals surface area contributed by atoms with Crippen LogP contribution in [0.3, 0.4) is 0 Å². The molecule has 0 aliphatic carbocycles. The highest BCUT2D eigenvalue weighted by molar-refractivity contribution is 6.44. The van der Waals surface area contributed by atoms with Crippen LogP contribution in [0.2, 0.25) is 15.1 Å². The number of aliphatic carboxylic acids is 1. The Hall–Kier alpha value is -1.23. The molecule has 1 aromatic carbocycles. The molecule has 0 aromatic heterocycles. The third kappa shape index (κ3) is 3.86. The van der Waals surface area contributed by atoms with Crippen LogP contribution in [-0.4, -0.2) is 17.0 Å². The Kier molecular flexibility index (Phi) is 5.23. The van der Waals surface area contributed by atoms with E-state index in [9.17, 15) is 9.59 Å². The zero-order valence-corrected chi connectivity index (χ0v) is 12.3. The fourth-order valence-corrected chi connectivity index (χ4v) is 1.76. The zero-order chi connectivity index (χ0) is 14.7. The maximum atomic E-state index is 11.8. The molecule has 1 aromatic rings. The zero-order valence-electron chi connectivity index (χ0n) is 10.1. The molecule has 1 rings (SSSR count). The molecule has 7 heteroatoms. The number of benzene rings is 1. The maximum absolute atomic E-state index is 11.8. The summed E-state index contributed by atoms with van der Waals surface area (Å²) in [6, 6.07) is 2.79. The minimum absolute atomic E-state index is 0.0475. The van der Waals surface area contributed by atoms with E-state index in [1.807, 2.05) is 0 Å². The molecule has 0 aliphatic rings. The monoisotopic (exact) mass is 321 g/mol. The number of rotatable bonds is 3. The van der Waals surface area contributed by atoms with Gasteiger partial charge in [-0.3, -0.25) is 4.79 Å². The normalized spacial score (nSPS) is 11.8. The summed E-state index contributed by atoms with van der Waals surface area (Å²) in [5.74, 6) is -1.73. The number of carboxylic acid groups (broad SMARTS) is 1. The molecule has 0 saturated carbocycles. The third-order valence-corrected chi connectivity index (χ3v) is 3.52. The van der Waals surface area contributed by atoms with E-state index < -0.39 is 11.9 Å². The SMILES string of the molecule is CC(C(=O)O)=C(C)C(=O)Nc1cc(Cl)c(Cl)cc1Cl. The molecule has 0 atom stereocenters. The summed E-state index contributed by atoms with van der Waals surface area (Å²) in [5.41, 5.74) is 0.293. The Labute approximate surface area is 125 Å². The van der Waals surface area contributed by atoms with Crippen LogP contribution in [0.4, 0.5) is 5.69 Å². The average molecular weight is 323 g/mol. The van der Waals surface area contributed by atoms with Crippen LogP contribution >= 0.6 is 34.8 Å². The van der Waals surface area contributed by atoms with Crippen LogP contribution in [-0.2, 0) is 9.59 Å². The van der Waals surface area contributed by atoms with Gasteiger partial charge >= 0.3 is 5.97 Å². The Morgan fingerprint density at radius 3 is 2.05 bits per heavy atom. The molecular formula is C12H10Cl3NO3. The van der Waals surface area contributed by atoms with E-state index in [2.05, 4.69) is 5.32 Å². The number of carbonyl (C=O) groups is 2. The molecule has 4 nitrogen and oxygen atoms in total. The first-order chi connectivity index (χ1) is 8.73. The number of carbonyl (C=O) groups excluding carboxylic acids is 1. The Morgan fingerprint density at radius 2 is 1.53 bits per heavy atom. The van der Waals surface area contributed by atoms with E-state index >= 15 is 0 Å². The molecular weight excluding hydrogens is 312 g/mol. The van der Waals surface area contributed by atoms with Crippen LogP contribution in [0, 0.1) is 0 Å². The fraction of sp³-hybridized carbons (Fsp3) is 0.167. The number of carboxylic acids is 1. The highest BCUT2D eigenvalue weighted by Gasteiger charge is 2.15.